The number of halogens is 1. The number of carbonyl (C=O) groups excluding carboxylic acids is 2. The highest BCUT2D eigenvalue weighted by Crippen LogP contribution is 2.30. The van der Waals surface area contributed by atoms with E-state index in [0.29, 0.717) is 40.4 Å². The van der Waals surface area contributed by atoms with Crippen LogP contribution in [-0.2, 0) is 4.79 Å². The lowest BCUT2D eigenvalue weighted by molar-refractivity contribution is -0.385. The van der Waals surface area contributed by atoms with Crippen LogP contribution in [0.5, 0.6) is 17.2 Å². The summed E-state index contributed by atoms with van der Waals surface area (Å²) in [7, 11) is 0. The molecule has 0 spiro atoms. The number of carbonyl (C=O) groups is 2. The van der Waals surface area contributed by atoms with Gasteiger partial charge in [-0.3, -0.25) is 14.9 Å². The van der Waals surface area contributed by atoms with E-state index in [0.717, 1.165) is 4.47 Å². The number of non-ortho nitro benzene ring substituents is 1. The molecular formula is C26H24BrN3O7. The van der Waals surface area contributed by atoms with Gasteiger partial charge in [0.05, 0.1) is 23.3 Å². The van der Waals surface area contributed by atoms with E-state index in [-0.39, 0.29) is 18.0 Å². The second-order valence-corrected chi connectivity index (χ2v) is 8.70. The first-order valence-electron chi connectivity index (χ1n) is 11.1. The quantitative estimate of drug-likeness (QED) is 0.118. The van der Waals surface area contributed by atoms with E-state index < -0.39 is 16.8 Å². The summed E-state index contributed by atoms with van der Waals surface area (Å²) >= 11 is 3.32. The maximum absolute atomic E-state index is 12.5. The van der Waals surface area contributed by atoms with Crippen molar-refractivity contribution >= 4 is 39.7 Å². The van der Waals surface area contributed by atoms with Gasteiger partial charge in [-0.1, -0.05) is 15.9 Å². The number of nitrogens with zero attached hydrogens (tertiary/aromatic N) is 2. The molecule has 0 fully saturated rings. The average molecular weight is 570 g/mol. The van der Waals surface area contributed by atoms with Crippen LogP contribution in [0.25, 0.3) is 0 Å². The third-order valence-electron chi connectivity index (χ3n) is 4.96. The number of nitrogens with one attached hydrogen (secondary N) is 1. The van der Waals surface area contributed by atoms with Gasteiger partial charge in [-0.25, -0.2) is 10.2 Å². The summed E-state index contributed by atoms with van der Waals surface area (Å²) in [6.07, 6.45) is 1.41. The molecule has 0 aliphatic carbocycles. The molecule has 0 radical (unpaired) electrons. The molecule has 0 bridgehead atoms. The van der Waals surface area contributed by atoms with Crippen LogP contribution < -0.4 is 19.6 Å². The minimum atomic E-state index is -0.527. The van der Waals surface area contributed by atoms with Crippen molar-refractivity contribution in [1.29, 1.82) is 0 Å². The Bertz CT molecular complexity index is 1320. The highest BCUT2D eigenvalue weighted by molar-refractivity contribution is 9.10. The van der Waals surface area contributed by atoms with Crippen LogP contribution in [0.4, 0.5) is 5.69 Å². The number of nitro benzene ring substituents is 1. The van der Waals surface area contributed by atoms with Crippen molar-refractivity contribution in [1.82, 2.24) is 5.43 Å². The lowest BCUT2D eigenvalue weighted by atomic mass is 10.1. The summed E-state index contributed by atoms with van der Waals surface area (Å²) in [6.45, 7) is 5.16. The Labute approximate surface area is 221 Å². The van der Waals surface area contributed by atoms with Crippen molar-refractivity contribution in [2.45, 2.75) is 20.8 Å². The van der Waals surface area contributed by atoms with Gasteiger partial charge < -0.3 is 14.2 Å². The molecule has 0 saturated heterocycles. The number of hydrazone groups is 1. The molecule has 3 aromatic carbocycles. The van der Waals surface area contributed by atoms with Crippen LogP contribution >= 0.6 is 15.9 Å². The number of nitro groups is 1. The molecule has 0 aliphatic heterocycles. The number of hydrogen-bond acceptors (Lipinski definition) is 8. The predicted octanol–water partition coefficient (Wildman–Crippen LogP) is 5.12. The summed E-state index contributed by atoms with van der Waals surface area (Å²) in [4.78, 5) is 35.1. The number of hydrogen-bond donors (Lipinski definition) is 1. The zero-order chi connectivity index (χ0) is 26.9. The number of aryl methyl sites for hydroxylation is 2. The monoisotopic (exact) mass is 569 g/mol. The molecule has 3 rings (SSSR count). The molecule has 1 amide bonds. The first-order valence-corrected chi connectivity index (χ1v) is 11.9. The fourth-order valence-corrected chi connectivity index (χ4v) is 3.58. The van der Waals surface area contributed by atoms with Crippen molar-refractivity contribution in [2.24, 2.45) is 5.10 Å². The predicted molar refractivity (Wildman–Crippen MR) is 141 cm³/mol. The van der Waals surface area contributed by atoms with Gasteiger partial charge in [0.25, 0.3) is 11.6 Å². The highest BCUT2D eigenvalue weighted by atomic mass is 79.9. The van der Waals surface area contributed by atoms with Gasteiger partial charge >= 0.3 is 5.97 Å². The maximum Gasteiger partial charge on any atom is 0.343 e. The number of benzene rings is 3. The summed E-state index contributed by atoms with van der Waals surface area (Å²) < 4.78 is 17.5. The Balaban J connectivity index is 1.60. The highest BCUT2D eigenvalue weighted by Gasteiger charge is 2.15. The normalized spacial score (nSPS) is 10.7. The van der Waals surface area contributed by atoms with Crippen LogP contribution in [-0.4, -0.2) is 36.2 Å². The fraction of sp³-hybridized carbons (Fsp3) is 0.192. The van der Waals surface area contributed by atoms with Crippen molar-refractivity contribution in [3.05, 3.63) is 91.4 Å². The molecule has 0 aliphatic rings. The van der Waals surface area contributed by atoms with Crippen LogP contribution in [0.15, 0.2) is 64.2 Å². The minimum Gasteiger partial charge on any atom is -0.490 e. The smallest absolute Gasteiger partial charge is 0.343 e. The molecule has 37 heavy (non-hydrogen) atoms. The van der Waals surface area contributed by atoms with Crippen molar-refractivity contribution in [3.8, 4) is 17.2 Å². The zero-order valence-corrected chi connectivity index (χ0v) is 21.9. The van der Waals surface area contributed by atoms with Gasteiger partial charge in [0, 0.05) is 16.6 Å². The molecule has 0 saturated carbocycles. The van der Waals surface area contributed by atoms with E-state index in [1.165, 1.54) is 18.3 Å². The van der Waals surface area contributed by atoms with Gasteiger partial charge in [-0.15, -0.1) is 0 Å². The van der Waals surface area contributed by atoms with Gasteiger partial charge in [0.1, 0.15) is 5.75 Å². The molecule has 0 atom stereocenters. The summed E-state index contributed by atoms with van der Waals surface area (Å²) in [6, 6.07) is 14.4. The van der Waals surface area contributed by atoms with Crippen LogP contribution in [0.1, 0.15) is 34.0 Å². The largest absolute Gasteiger partial charge is 0.490 e. The maximum atomic E-state index is 12.5. The van der Waals surface area contributed by atoms with Crippen molar-refractivity contribution < 1.29 is 28.7 Å². The third kappa shape index (κ3) is 7.61. The minimum absolute atomic E-state index is 0.0445. The summed E-state index contributed by atoms with van der Waals surface area (Å²) in [5.74, 6) is -0.0487. The Kier molecular flexibility index (Phi) is 9.33. The first-order chi connectivity index (χ1) is 17.7. The Morgan fingerprint density at radius 1 is 1.03 bits per heavy atom. The van der Waals surface area contributed by atoms with Gasteiger partial charge in [0.15, 0.2) is 18.1 Å². The van der Waals surface area contributed by atoms with Crippen LogP contribution in [0.2, 0.25) is 0 Å². The molecule has 11 heteroatoms. The SMILES string of the molecule is CCOc1cc(/C=N\NC(=O)COc2c(C)cc([N+](=O)[O-])cc2C)ccc1OC(=O)c1ccc(Br)cc1. The summed E-state index contributed by atoms with van der Waals surface area (Å²) in [5, 5.41) is 14.9. The lowest BCUT2D eigenvalue weighted by Crippen LogP contribution is -2.25. The Hall–Kier alpha value is -4.25. The second-order valence-electron chi connectivity index (χ2n) is 7.78. The fourth-order valence-electron chi connectivity index (χ4n) is 3.31. The van der Waals surface area contributed by atoms with Crippen LogP contribution in [0.3, 0.4) is 0 Å². The molecule has 10 nitrogen and oxygen atoms in total. The third-order valence-corrected chi connectivity index (χ3v) is 5.49. The average Bonchev–Trinajstić information content (AvgIpc) is 2.85. The van der Waals surface area contributed by atoms with Crippen LogP contribution in [0, 0.1) is 24.0 Å². The molecule has 1 N–H and O–H groups in total. The number of amides is 1. The van der Waals surface area contributed by atoms with E-state index in [9.17, 15) is 19.7 Å². The van der Waals surface area contributed by atoms with Crippen molar-refractivity contribution in [3.63, 3.8) is 0 Å². The van der Waals surface area contributed by atoms with Gasteiger partial charge in [-0.05, 0) is 79.9 Å². The molecule has 192 valence electrons. The molecular weight excluding hydrogens is 546 g/mol. The molecule has 3 aromatic rings. The van der Waals surface area contributed by atoms with Crippen molar-refractivity contribution in [2.75, 3.05) is 13.2 Å². The van der Waals surface area contributed by atoms with Gasteiger partial charge in [0.2, 0.25) is 0 Å². The molecule has 0 aromatic heterocycles. The molecule has 0 heterocycles. The van der Waals surface area contributed by atoms with E-state index in [4.69, 9.17) is 14.2 Å². The zero-order valence-electron chi connectivity index (χ0n) is 20.3. The van der Waals surface area contributed by atoms with E-state index in [1.807, 2.05) is 0 Å². The number of rotatable bonds is 10. The standard InChI is InChI=1S/C26H24BrN3O7/c1-4-35-23-13-18(5-10-22(23)37-26(32)19-6-8-20(27)9-7-19)14-28-29-24(31)15-36-25-16(2)11-21(30(33)34)12-17(25)3/h5-14H,4,15H2,1-3H3,(H,29,31)/b28-14-. The Morgan fingerprint density at radius 2 is 1.70 bits per heavy atom. The summed E-state index contributed by atoms with van der Waals surface area (Å²) in [5.41, 5.74) is 4.40. The lowest BCUT2D eigenvalue weighted by Gasteiger charge is -2.12. The van der Waals surface area contributed by atoms with E-state index >= 15 is 0 Å². The van der Waals surface area contributed by atoms with E-state index in [1.54, 1.807) is 63.2 Å². The second kappa shape index (κ2) is 12.6. The van der Waals surface area contributed by atoms with Gasteiger partial charge in [-0.2, -0.15) is 5.10 Å². The number of ether oxygens (including phenoxy) is 3. The number of esters is 1. The Morgan fingerprint density at radius 3 is 2.32 bits per heavy atom. The van der Waals surface area contributed by atoms with E-state index in [2.05, 4.69) is 26.5 Å². The first kappa shape index (κ1) is 27.3. The molecule has 0 unspecified atom stereocenters. The topological polar surface area (TPSA) is 129 Å².